The first-order chi connectivity index (χ1) is 26.4. The van der Waals surface area contributed by atoms with E-state index < -0.39 is 37.3 Å². The van der Waals surface area contributed by atoms with Crippen LogP contribution in [0.4, 0.5) is 0 Å². The zero-order chi connectivity index (χ0) is 51.6. The summed E-state index contributed by atoms with van der Waals surface area (Å²) >= 11 is 0. The molecule has 0 radical (unpaired) electrons. The van der Waals surface area contributed by atoms with E-state index in [1.165, 1.54) is 32.1 Å². The molecule has 1 heteroatoms. The maximum atomic E-state index is 8.27. The summed E-state index contributed by atoms with van der Waals surface area (Å²) in [5, 5.41) is 8.15. The fraction of sp³-hybridized carbons (Fsp3) is 0.980. The van der Waals surface area contributed by atoms with Gasteiger partial charge in [0.2, 0.25) is 0 Å². The zero-order valence-corrected chi connectivity index (χ0v) is 38.9. The fourth-order valence-electron chi connectivity index (χ4n) is 5.65. The van der Waals surface area contributed by atoms with E-state index >= 15 is 0 Å². The van der Waals surface area contributed by atoms with Crippen LogP contribution < -0.4 is 0 Å². The average Bonchev–Trinajstić information content (AvgIpc) is 3.46. The Morgan fingerprint density at radius 3 is 1.00 bits per heavy atom. The Balaban J connectivity index is -0.000000330. The number of hydrogen-bond acceptors (Lipinski definition) is 1. The van der Waals surface area contributed by atoms with Crippen molar-refractivity contribution >= 4 is 0 Å². The predicted molar refractivity (Wildman–Crippen MR) is 234 cm³/mol. The van der Waals surface area contributed by atoms with Crippen molar-refractivity contribution in [3.8, 4) is 6.07 Å². The minimum atomic E-state index is -2.64. The van der Waals surface area contributed by atoms with Gasteiger partial charge >= 0.3 is 0 Å². The third-order valence-electron chi connectivity index (χ3n) is 7.59. The van der Waals surface area contributed by atoms with Crippen LogP contribution in [0.3, 0.4) is 0 Å². The van der Waals surface area contributed by atoms with Crippen molar-refractivity contribution in [3.63, 3.8) is 0 Å². The summed E-state index contributed by atoms with van der Waals surface area (Å²) in [6, 6.07) is 2.10. The molecule has 304 valence electrons. The van der Waals surface area contributed by atoms with Gasteiger partial charge in [0.05, 0.1) is 6.07 Å². The van der Waals surface area contributed by atoms with Gasteiger partial charge in [0.25, 0.3) is 0 Å². The van der Waals surface area contributed by atoms with E-state index in [0.29, 0.717) is 0 Å². The minimum absolute atomic E-state index is 0.0903. The lowest BCUT2D eigenvalue weighted by atomic mass is 9.72. The second kappa shape index (κ2) is 24.7. The second-order valence-corrected chi connectivity index (χ2v) is 21.9. The third-order valence-corrected chi connectivity index (χ3v) is 7.59. The summed E-state index contributed by atoms with van der Waals surface area (Å²) < 4.78 is 92.5. The van der Waals surface area contributed by atoms with E-state index in [-0.39, 0.29) is 50.2 Å². The molecule has 1 nitrogen and oxygen atoms in total. The van der Waals surface area contributed by atoms with Crippen LogP contribution in [0.5, 0.6) is 0 Å². The minimum Gasteiger partial charge on any atom is -0.198 e. The summed E-state index contributed by atoms with van der Waals surface area (Å²) in [5.41, 5.74) is -1.56. The monoisotopic (exact) mass is 718 g/mol. The molecule has 0 spiro atoms. The normalized spacial score (nSPS) is 23.7. The molecule has 0 aromatic rings. The van der Waals surface area contributed by atoms with Crippen LogP contribution in [0.15, 0.2) is 0 Å². The average molecular weight is 718 g/mol. The predicted octanol–water partition coefficient (Wildman–Crippen LogP) is 18.0. The van der Waals surface area contributed by atoms with E-state index in [1.807, 2.05) is 96.9 Å². The Kier molecular flexibility index (Phi) is 17.4. The Hall–Kier alpha value is -0.510. The van der Waals surface area contributed by atoms with Crippen LogP contribution in [-0.4, -0.2) is 0 Å². The topological polar surface area (TPSA) is 23.8 Å². The molecular formula is C49H103N. The van der Waals surface area contributed by atoms with Gasteiger partial charge in [-0.2, -0.15) is 5.26 Å². The van der Waals surface area contributed by atoms with Gasteiger partial charge in [-0.25, -0.2) is 0 Å². The molecule has 1 unspecified atom stereocenters. The smallest absolute Gasteiger partial charge is 0.0680 e. The van der Waals surface area contributed by atoms with Crippen LogP contribution in [0.25, 0.3) is 0 Å². The van der Waals surface area contributed by atoms with Crippen LogP contribution in [-0.2, 0) is 0 Å². The number of hydrogen-bond donors (Lipinski definition) is 0. The van der Waals surface area contributed by atoms with E-state index in [2.05, 4.69) is 47.6 Å². The van der Waals surface area contributed by atoms with Crippen molar-refractivity contribution in [1.29, 1.82) is 5.26 Å². The third kappa shape index (κ3) is 43.7. The lowest BCUT2D eigenvalue weighted by molar-refractivity contribution is 0.180. The van der Waals surface area contributed by atoms with Gasteiger partial charge in [0, 0.05) is 21.9 Å². The lowest BCUT2D eigenvalue weighted by Crippen LogP contribution is -2.22. The van der Waals surface area contributed by atoms with Crippen molar-refractivity contribution in [2.24, 2.45) is 61.5 Å². The summed E-state index contributed by atoms with van der Waals surface area (Å²) in [5.74, 6) is -2.27. The van der Waals surface area contributed by atoms with E-state index in [1.54, 1.807) is 20.8 Å². The first-order valence-corrected chi connectivity index (χ1v) is 19.8. The van der Waals surface area contributed by atoms with Gasteiger partial charge in [-0.15, -0.1) is 0 Å². The molecule has 2 aliphatic rings. The number of rotatable bonds is 2. The van der Waals surface area contributed by atoms with E-state index in [0.717, 1.165) is 32.6 Å². The molecule has 0 aromatic heterocycles. The van der Waals surface area contributed by atoms with Crippen LogP contribution in [0.1, 0.15) is 266 Å². The zero-order valence-electron chi connectivity index (χ0n) is 50.9. The molecule has 50 heavy (non-hydrogen) atoms. The molecule has 2 rings (SSSR count). The summed E-state index contributed by atoms with van der Waals surface area (Å²) in [6.07, 6.45) is 6.57. The first-order valence-electron chi connectivity index (χ1n) is 25.8. The Bertz CT molecular complexity index is 1220. The fourth-order valence-corrected chi connectivity index (χ4v) is 5.65. The van der Waals surface area contributed by atoms with Crippen molar-refractivity contribution in [3.05, 3.63) is 0 Å². The standard InChI is InChI=1S/C10H20.C9H18.C9H20.2C8H18.C5H9N/c1-10(2,3)9-7-5-4-6-8-9;1-9(2,3)8-6-4-5-7-8;1-8(2,3)7-9(4,5)6;1-7(2)6-8(3,4)5;1-6-7(2)8(3,4)5;1-5(2,3)4-6/h9H,4-8H2,1-3H3;8H,4-7H2,1-3H3;7H2,1-6H3;2*7H,6H2,1-5H3;1-3H3/i9D;8D;7D2;6D2;2D3,6D2,7D;. The van der Waals surface area contributed by atoms with E-state index in [9.17, 15) is 0 Å². The highest BCUT2D eigenvalue weighted by atomic mass is 14.3. The molecule has 2 aliphatic carbocycles. The van der Waals surface area contributed by atoms with Gasteiger partial charge in [-0.05, 0) is 115 Å². The maximum Gasteiger partial charge on any atom is 0.0680 e. The highest BCUT2D eigenvalue weighted by Gasteiger charge is 2.27. The number of nitriles is 1. The van der Waals surface area contributed by atoms with Crippen LogP contribution >= 0.6 is 0 Å². The Labute approximate surface area is 339 Å². The molecule has 0 aliphatic heterocycles. The van der Waals surface area contributed by atoms with Gasteiger partial charge < -0.3 is 0 Å². The number of nitrogens with zero attached hydrogens (tertiary/aromatic N) is 1. The van der Waals surface area contributed by atoms with Gasteiger partial charge in [0.1, 0.15) is 0 Å². The Morgan fingerprint density at radius 1 is 0.620 bits per heavy atom. The quantitative estimate of drug-likeness (QED) is 0.279. The summed E-state index contributed by atoms with van der Waals surface area (Å²) in [4.78, 5) is 0. The maximum absolute atomic E-state index is 8.27. The molecule has 0 aromatic carbocycles. The van der Waals surface area contributed by atoms with Crippen molar-refractivity contribution in [2.75, 3.05) is 0 Å². The molecule has 2 fully saturated rings. The van der Waals surface area contributed by atoms with E-state index in [4.69, 9.17) is 21.7 Å². The molecule has 0 N–H and O–H groups in total. The summed E-state index contributed by atoms with van der Waals surface area (Å²) in [7, 11) is 0. The Morgan fingerprint density at radius 2 is 0.920 bits per heavy atom. The molecule has 0 saturated heterocycles. The van der Waals surface area contributed by atoms with Crippen molar-refractivity contribution < 1.29 is 16.4 Å². The van der Waals surface area contributed by atoms with Gasteiger partial charge in [-0.3, -0.25) is 0 Å². The molecule has 0 bridgehead atoms. The molecule has 0 amide bonds. The highest BCUT2D eigenvalue weighted by molar-refractivity contribution is 4.86. The highest BCUT2D eigenvalue weighted by Crippen LogP contribution is 2.39. The second-order valence-electron chi connectivity index (χ2n) is 21.9. The van der Waals surface area contributed by atoms with Crippen molar-refractivity contribution in [2.45, 2.75) is 250 Å². The molecule has 1 atom stereocenters. The molecular weight excluding hydrogens is 603 g/mol. The SMILES string of the molecule is CC(C)(C)C#N.[2H]C([2H])(C(C)(C)C)C(C)(C)C.[2H]C([2H])(C(C)C)C(C)(C)C.[2H]C([2H])([2H])C([2H])(C([2H])([2H])C)C(C)(C)C.[2H]C1(C(C)(C)C)CCCC1.[2H]C1(C(C)(C)C)CCCCC1. The van der Waals surface area contributed by atoms with Crippen LogP contribution in [0.2, 0.25) is 0 Å². The lowest BCUT2D eigenvalue weighted by Gasteiger charge is -2.33. The molecule has 2 saturated carbocycles. The van der Waals surface area contributed by atoms with Gasteiger partial charge in [0.15, 0.2) is 0 Å². The van der Waals surface area contributed by atoms with Crippen molar-refractivity contribution in [1.82, 2.24) is 0 Å². The molecule has 0 heterocycles. The first kappa shape index (κ1) is 35.2. The summed E-state index contributed by atoms with van der Waals surface area (Å²) in [6.45, 7) is 43.4. The largest absolute Gasteiger partial charge is 0.198 e. The van der Waals surface area contributed by atoms with Crippen LogP contribution in [0, 0.1) is 72.8 Å². The van der Waals surface area contributed by atoms with Gasteiger partial charge in [-0.1, -0.05) is 191 Å².